The second-order valence-electron chi connectivity index (χ2n) is 15.9. The Morgan fingerprint density at radius 2 is 0.879 bits per heavy atom. The van der Waals surface area contributed by atoms with Crippen LogP contribution < -0.4 is 4.90 Å². The van der Waals surface area contributed by atoms with Crippen molar-refractivity contribution in [2.45, 2.75) is 5.41 Å². The fourth-order valence-electron chi connectivity index (χ4n) is 10.9. The molecule has 13 rings (SSSR count). The third-order valence-electron chi connectivity index (χ3n) is 13.2. The van der Waals surface area contributed by atoms with Crippen molar-refractivity contribution in [3.8, 4) is 33.4 Å². The largest absolute Gasteiger partial charge is 0.310 e. The third kappa shape index (κ3) is 4.10. The van der Waals surface area contributed by atoms with Crippen LogP contribution in [0.2, 0.25) is 0 Å². The predicted octanol–water partition coefficient (Wildman–Crippen LogP) is 15.2. The zero-order valence-electron chi connectivity index (χ0n) is 31.7. The van der Waals surface area contributed by atoms with Crippen LogP contribution in [-0.4, -0.2) is 0 Å². The van der Waals surface area contributed by atoms with Gasteiger partial charge in [-0.2, -0.15) is 0 Å². The van der Waals surface area contributed by atoms with Gasteiger partial charge in [0, 0.05) is 16.8 Å². The maximum Gasteiger partial charge on any atom is 0.0726 e. The van der Waals surface area contributed by atoms with Crippen LogP contribution in [0.4, 0.5) is 17.1 Å². The number of hydrogen-bond donors (Lipinski definition) is 0. The van der Waals surface area contributed by atoms with Crippen LogP contribution in [0.1, 0.15) is 22.3 Å². The lowest BCUT2D eigenvalue weighted by atomic mass is 9.65. The Balaban J connectivity index is 1.21. The molecule has 1 heteroatoms. The van der Waals surface area contributed by atoms with Crippen molar-refractivity contribution in [2.24, 2.45) is 0 Å². The molecule has 2 aliphatic carbocycles. The molecule has 11 aromatic rings. The summed E-state index contributed by atoms with van der Waals surface area (Å²) in [5.74, 6) is 0. The summed E-state index contributed by atoms with van der Waals surface area (Å²) < 4.78 is 0. The fraction of sp³-hybridized carbons (Fsp3) is 0.0175. The number of benzene rings is 11. The molecular formula is C57H35N. The molecule has 1 nitrogen and oxygen atoms in total. The second kappa shape index (κ2) is 11.8. The van der Waals surface area contributed by atoms with Crippen molar-refractivity contribution in [2.75, 3.05) is 4.90 Å². The average Bonchev–Trinajstić information content (AvgIpc) is 3.53. The van der Waals surface area contributed by atoms with Gasteiger partial charge in [0.25, 0.3) is 0 Å². The maximum absolute atomic E-state index is 2.55. The number of anilines is 3. The van der Waals surface area contributed by atoms with Gasteiger partial charge in [0.1, 0.15) is 0 Å². The fourth-order valence-corrected chi connectivity index (χ4v) is 10.9. The van der Waals surface area contributed by atoms with E-state index >= 15 is 0 Å². The van der Waals surface area contributed by atoms with Crippen molar-refractivity contribution in [1.29, 1.82) is 0 Å². The van der Waals surface area contributed by atoms with Crippen molar-refractivity contribution in [1.82, 2.24) is 0 Å². The Kier molecular flexibility index (Phi) is 6.43. The zero-order valence-corrected chi connectivity index (χ0v) is 31.7. The van der Waals surface area contributed by atoms with E-state index in [1.54, 1.807) is 0 Å². The minimum absolute atomic E-state index is 0.627. The van der Waals surface area contributed by atoms with Crippen LogP contribution in [0.15, 0.2) is 212 Å². The molecule has 11 aromatic carbocycles. The Morgan fingerprint density at radius 3 is 1.69 bits per heavy atom. The number of rotatable bonds is 3. The van der Waals surface area contributed by atoms with E-state index in [9.17, 15) is 0 Å². The molecule has 0 heterocycles. The van der Waals surface area contributed by atoms with Crippen LogP contribution in [0.3, 0.4) is 0 Å². The normalized spacial score (nSPS) is 15.0. The van der Waals surface area contributed by atoms with Gasteiger partial charge in [0.2, 0.25) is 0 Å². The first-order valence-electron chi connectivity index (χ1n) is 20.3. The molecule has 0 radical (unpaired) electrons. The first-order chi connectivity index (χ1) is 28.8. The summed E-state index contributed by atoms with van der Waals surface area (Å²) in [7, 11) is 0. The molecule has 1 spiro atoms. The molecule has 0 aromatic heterocycles. The molecule has 0 aliphatic heterocycles. The Hall–Kier alpha value is -7.48. The van der Waals surface area contributed by atoms with E-state index in [4.69, 9.17) is 0 Å². The smallest absolute Gasteiger partial charge is 0.0726 e. The highest BCUT2D eigenvalue weighted by atomic mass is 15.1. The first kappa shape index (κ1) is 31.7. The van der Waals surface area contributed by atoms with Crippen molar-refractivity contribution >= 4 is 60.2 Å². The summed E-state index contributed by atoms with van der Waals surface area (Å²) in [5, 5.41) is 10.3. The summed E-state index contributed by atoms with van der Waals surface area (Å²) in [6, 6.07) is 79.7. The van der Waals surface area contributed by atoms with Gasteiger partial charge in [-0.3, -0.25) is 0 Å². The monoisotopic (exact) mass is 733 g/mol. The lowest BCUT2D eigenvalue weighted by molar-refractivity contribution is 0.777. The van der Waals surface area contributed by atoms with Crippen LogP contribution in [-0.2, 0) is 5.41 Å². The lowest BCUT2D eigenvalue weighted by Crippen LogP contribution is -2.29. The lowest BCUT2D eigenvalue weighted by Gasteiger charge is -2.37. The van der Waals surface area contributed by atoms with Crippen molar-refractivity contribution in [3.63, 3.8) is 0 Å². The zero-order chi connectivity index (χ0) is 38.0. The predicted molar refractivity (Wildman–Crippen MR) is 244 cm³/mol. The first-order valence-corrected chi connectivity index (χ1v) is 20.3. The highest BCUT2D eigenvalue weighted by Gasteiger charge is 2.50. The highest BCUT2D eigenvalue weighted by Crippen LogP contribution is 2.64. The standard InChI is InChI=1S/C57H35N/c1-2-18-40(19-3-1)58(53-27-13-15-36-14-4-5-20-42(36)53)41-31-33-46-44-22-7-6-21-43(44)45-23-8-10-25-49(45)57(51(46)35-41)50-26-11-9-24-47(50)56-48-32-30-38-17-12-16-37-28-29-39(34-52(56)57)55(48)54(37)38/h1-35H. The van der Waals surface area contributed by atoms with Gasteiger partial charge < -0.3 is 4.90 Å². The maximum atomic E-state index is 2.55. The molecule has 0 saturated carbocycles. The number of para-hydroxylation sites is 1. The topological polar surface area (TPSA) is 3.24 Å². The second-order valence-corrected chi connectivity index (χ2v) is 15.9. The van der Waals surface area contributed by atoms with Crippen LogP contribution in [0, 0.1) is 0 Å². The molecule has 58 heavy (non-hydrogen) atoms. The van der Waals surface area contributed by atoms with Gasteiger partial charge in [-0.25, -0.2) is 0 Å². The average molecular weight is 734 g/mol. The molecule has 0 fully saturated rings. The summed E-state index contributed by atoms with van der Waals surface area (Å²) >= 11 is 0. The molecule has 268 valence electrons. The molecular weight excluding hydrogens is 699 g/mol. The number of nitrogens with zero attached hydrogens (tertiary/aromatic N) is 1. The van der Waals surface area contributed by atoms with E-state index in [2.05, 4.69) is 217 Å². The van der Waals surface area contributed by atoms with Crippen LogP contribution in [0.5, 0.6) is 0 Å². The summed E-state index contributed by atoms with van der Waals surface area (Å²) in [6.07, 6.45) is 0. The molecule has 0 N–H and O–H groups in total. The minimum atomic E-state index is -0.627. The van der Waals surface area contributed by atoms with E-state index in [1.165, 1.54) is 98.7 Å². The van der Waals surface area contributed by atoms with Gasteiger partial charge >= 0.3 is 0 Å². The molecule has 0 bridgehead atoms. The van der Waals surface area contributed by atoms with E-state index in [0.29, 0.717) is 0 Å². The van der Waals surface area contributed by atoms with Gasteiger partial charge in [-0.05, 0) is 130 Å². The van der Waals surface area contributed by atoms with Gasteiger partial charge in [-0.15, -0.1) is 0 Å². The van der Waals surface area contributed by atoms with E-state index in [1.807, 2.05) is 0 Å². The van der Waals surface area contributed by atoms with Gasteiger partial charge in [0.15, 0.2) is 0 Å². The third-order valence-corrected chi connectivity index (χ3v) is 13.2. The molecule has 1 unspecified atom stereocenters. The minimum Gasteiger partial charge on any atom is -0.310 e. The Bertz CT molecular complexity index is 3450. The Morgan fingerprint density at radius 1 is 0.293 bits per heavy atom. The quantitative estimate of drug-likeness (QED) is 0.163. The molecule has 1 atom stereocenters. The van der Waals surface area contributed by atoms with Crippen LogP contribution >= 0.6 is 0 Å². The molecule has 0 saturated heterocycles. The molecule has 2 aliphatic rings. The number of hydrogen-bond acceptors (Lipinski definition) is 1. The summed E-state index contributed by atoms with van der Waals surface area (Å²) in [4.78, 5) is 2.46. The summed E-state index contributed by atoms with van der Waals surface area (Å²) in [5.41, 5.74) is 15.8. The SMILES string of the molecule is c1ccc(N(c2ccc3c(c2)C2(c4ccccc4-c4ccccc4-3)c3ccccc3-c3c2cc2ccc4cccc5ccc3c2c45)c2cccc3ccccc23)cc1. The van der Waals surface area contributed by atoms with E-state index in [-0.39, 0.29) is 0 Å². The number of fused-ring (bicyclic) bond motifs is 14. The van der Waals surface area contributed by atoms with E-state index < -0.39 is 5.41 Å². The molecule has 0 amide bonds. The van der Waals surface area contributed by atoms with Crippen molar-refractivity contribution in [3.05, 3.63) is 235 Å². The van der Waals surface area contributed by atoms with Gasteiger partial charge in [0.05, 0.1) is 11.1 Å². The van der Waals surface area contributed by atoms with Crippen molar-refractivity contribution < 1.29 is 0 Å². The highest BCUT2D eigenvalue weighted by molar-refractivity contribution is 6.27. The van der Waals surface area contributed by atoms with E-state index in [0.717, 1.165) is 17.1 Å². The Labute approximate surface area is 337 Å². The van der Waals surface area contributed by atoms with Gasteiger partial charge in [-0.1, -0.05) is 176 Å². The summed E-state index contributed by atoms with van der Waals surface area (Å²) in [6.45, 7) is 0. The van der Waals surface area contributed by atoms with Crippen LogP contribution in [0.25, 0.3) is 76.5 Å².